The molecule has 2 bridgehead atoms. The van der Waals surface area contributed by atoms with Gasteiger partial charge in [-0.05, 0) is 25.8 Å². The Morgan fingerprint density at radius 2 is 2.16 bits per heavy atom. The molecule has 0 aromatic carbocycles. The number of rotatable bonds is 4. The van der Waals surface area contributed by atoms with E-state index in [4.69, 9.17) is 0 Å². The third-order valence-corrected chi connectivity index (χ3v) is 4.76. The SMILES string of the molecule is CCNC(=O)N1C2CCC1CN(c1ccnc(Nc3cn[nH]c3)n1)C2. The first kappa shape index (κ1) is 15.7. The van der Waals surface area contributed by atoms with Gasteiger partial charge in [0.2, 0.25) is 5.95 Å². The number of H-pyrrole nitrogens is 1. The molecular weight excluding hydrogens is 320 g/mol. The summed E-state index contributed by atoms with van der Waals surface area (Å²) in [5, 5.41) is 12.7. The van der Waals surface area contributed by atoms with Crippen LogP contribution in [0.5, 0.6) is 0 Å². The summed E-state index contributed by atoms with van der Waals surface area (Å²) in [6.07, 6.45) is 7.28. The first-order chi connectivity index (χ1) is 12.2. The van der Waals surface area contributed by atoms with Gasteiger partial charge in [0.15, 0.2) is 0 Å². The minimum atomic E-state index is 0.0552. The second-order valence-corrected chi connectivity index (χ2v) is 6.38. The van der Waals surface area contributed by atoms with E-state index in [1.165, 1.54) is 0 Å². The maximum Gasteiger partial charge on any atom is 0.318 e. The van der Waals surface area contributed by atoms with Crippen LogP contribution in [0.3, 0.4) is 0 Å². The van der Waals surface area contributed by atoms with Gasteiger partial charge in [-0.2, -0.15) is 10.1 Å². The van der Waals surface area contributed by atoms with Gasteiger partial charge in [0, 0.05) is 32.0 Å². The molecule has 2 atom stereocenters. The number of hydrogen-bond acceptors (Lipinski definition) is 6. The lowest BCUT2D eigenvalue weighted by atomic mass is 10.2. The fourth-order valence-corrected chi connectivity index (χ4v) is 3.70. The molecule has 132 valence electrons. The standard InChI is InChI=1S/C16H22N8O/c1-2-17-16(25)24-12-3-4-13(24)10-23(9-12)14-5-6-18-15(22-14)21-11-7-19-20-8-11/h5-8,12-13H,2-4,9-10H2,1H3,(H,17,25)(H,19,20)(H,18,21,22). The molecule has 3 N–H and O–H groups in total. The molecule has 2 unspecified atom stereocenters. The number of nitrogens with one attached hydrogen (secondary N) is 3. The van der Waals surface area contributed by atoms with E-state index in [1.807, 2.05) is 17.9 Å². The Bertz CT molecular complexity index is 719. The van der Waals surface area contributed by atoms with Crippen LogP contribution in [0.1, 0.15) is 19.8 Å². The van der Waals surface area contributed by atoms with Gasteiger partial charge in [-0.25, -0.2) is 9.78 Å². The van der Waals surface area contributed by atoms with Crippen molar-refractivity contribution in [3.8, 4) is 0 Å². The topological polar surface area (TPSA) is 102 Å². The fourth-order valence-electron chi connectivity index (χ4n) is 3.70. The Morgan fingerprint density at radius 1 is 1.36 bits per heavy atom. The summed E-state index contributed by atoms with van der Waals surface area (Å²) >= 11 is 0. The minimum absolute atomic E-state index is 0.0552. The van der Waals surface area contributed by atoms with Crippen LogP contribution >= 0.6 is 0 Å². The molecule has 2 amide bonds. The molecule has 0 radical (unpaired) electrons. The number of carbonyl (C=O) groups is 1. The summed E-state index contributed by atoms with van der Waals surface area (Å²) in [6.45, 7) is 4.21. The number of fused-ring (bicyclic) bond motifs is 2. The van der Waals surface area contributed by atoms with Gasteiger partial charge >= 0.3 is 6.03 Å². The van der Waals surface area contributed by atoms with Gasteiger partial charge in [-0.15, -0.1) is 0 Å². The second kappa shape index (κ2) is 6.58. The molecule has 2 aliphatic heterocycles. The average Bonchev–Trinajstić information content (AvgIpc) is 3.21. The molecule has 0 spiro atoms. The molecular formula is C16H22N8O. The zero-order chi connectivity index (χ0) is 17.2. The summed E-state index contributed by atoms with van der Waals surface area (Å²) in [5.41, 5.74) is 0.818. The Balaban J connectivity index is 1.48. The molecule has 2 aromatic heterocycles. The molecule has 25 heavy (non-hydrogen) atoms. The number of carbonyl (C=O) groups excluding carboxylic acids is 1. The summed E-state index contributed by atoms with van der Waals surface area (Å²) in [6, 6.07) is 2.46. The second-order valence-electron chi connectivity index (χ2n) is 6.38. The summed E-state index contributed by atoms with van der Waals surface area (Å²) in [7, 11) is 0. The minimum Gasteiger partial charge on any atom is -0.352 e. The zero-order valence-corrected chi connectivity index (χ0v) is 14.1. The van der Waals surface area contributed by atoms with E-state index >= 15 is 0 Å². The van der Waals surface area contributed by atoms with E-state index in [9.17, 15) is 4.79 Å². The highest BCUT2D eigenvalue weighted by molar-refractivity contribution is 5.75. The molecule has 2 aromatic rings. The lowest BCUT2D eigenvalue weighted by molar-refractivity contribution is 0.162. The van der Waals surface area contributed by atoms with Gasteiger partial charge in [0.25, 0.3) is 0 Å². The zero-order valence-electron chi connectivity index (χ0n) is 14.1. The molecule has 9 heteroatoms. The number of piperazine rings is 1. The van der Waals surface area contributed by atoms with Crippen LogP contribution < -0.4 is 15.5 Å². The Labute approximate surface area is 145 Å². The maximum absolute atomic E-state index is 12.3. The first-order valence-electron chi connectivity index (χ1n) is 8.64. The van der Waals surface area contributed by atoms with Crippen LogP contribution in [0.2, 0.25) is 0 Å². The number of amides is 2. The van der Waals surface area contributed by atoms with Gasteiger partial charge < -0.3 is 20.4 Å². The molecule has 2 fully saturated rings. The molecule has 2 aliphatic rings. The van der Waals surface area contributed by atoms with Crippen LogP contribution in [0.4, 0.5) is 22.2 Å². The van der Waals surface area contributed by atoms with Crippen LogP contribution in [0.15, 0.2) is 24.7 Å². The van der Waals surface area contributed by atoms with Crippen molar-refractivity contribution >= 4 is 23.5 Å². The molecule has 9 nitrogen and oxygen atoms in total. The van der Waals surface area contributed by atoms with E-state index in [1.54, 1.807) is 18.6 Å². The van der Waals surface area contributed by atoms with E-state index in [2.05, 4.69) is 35.7 Å². The number of anilines is 3. The lowest BCUT2D eigenvalue weighted by Gasteiger charge is -2.41. The van der Waals surface area contributed by atoms with Gasteiger partial charge in [-0.3, -0.25) is 5.10 Å². The van der Waals surface area contributed by atoms with Crippen molar-refractivity contribution in [3.63, 3.8) is 0 Å². The average molecular weight is 342 g/mol. The van der Waals surface area contributed by atoms with Crippen LogP contribution in [0, 0.1) is 0 Å². The number of aromatic nitrogens is 4. The monoisotopic (exact) mass is 342 g/mol. The van der Waals surface area contributed by atoms with E-state index in [0.29, 0.717) is 12.5 Å². The Morgan fingerprint density at radius 3 is 2.84 bits per heavy atom. The largest absolute Gasteiger partial charge is 0.352 e. The highest BCUT2D eigenvalue weighted by atomic mass is 16.2. The van der Waals surface area contributed by atoms with Crippen molar-refractivity contribution in [3.05, 3.63) is 24.7 Å². The van der Waals surface area contributed by atoms with Gasteiger partial charge in [0.05, 0.1) is 24.0 Å². The molecule has 2 saturated heterocycles. The summed E-state index contributed by atoms with van der Waals surface area (Å²) in [5.74, 6) is 1.42. The molecule has 4 rings (SSSR count). The predicted molar refractivity (Wildman–Crippen MR) is 93.8 cm³/mol. The quantitative estimate of drug-likeness (QED) is 0.775. The highest BCUT2D eigenvalue weighted by Gasteiger charge is 2.42. The lowest BCUT2D eigenvalue weighted by Crippen LogP contribution is -2.58. The third kappa shape index (κ3) is 3.09. The molecule has 0 saturated carbocycles. The molecule has 0 aliphatic carbocycles. The van der Waals surface area contributed by atoms with Crippen molar-refractivity contribution in [1.29, 1.82) is 0 Å². The predicted octanol–water partition coefficient (Wildman–Crippen LogP) is 1.33. The van der Waals surface area contributed by atoms with Gasteiger partial charge in [-0.1, -0.05) is 0 Å². The Kier molecular flexibility index (Phi) is 4.12. The number of nitrogens with zero attached hydrogens (tertiary/aromatic N) is 5. The smallest absolute Gasteiger partial charge is 0.318 e. The van der Waals surface area contributed by atoms with Crippen molar-refractivity contribution in [2.75, 3.05) is 29.9 Å². The molecule has 4 heterocycles. The number of hydrogen-bond donors (Lipinski definition) is 3. The number of urea groups is 1. The van der Waals surface area contributed by atoms with Crippen molar-refractivity contribution in [2.24, 2.45) is 0 Å². The van der Waals surface area contributed by atoms with Crippen molar-refractivity contribution in [2.45, 2.75) is 31.8 Å². The van der Waals surface area contributed by atoms with Crippen molar-refractivity contribution in [1.82, 2.24) is 30.4 Å². The fraction of sp³-hybridized carbons (Fsp3) is 0.500. The highest BCUT2D eigenvalue weighted by Crippen LogP contribution is 2.32. The van der Waals surface area contributed by atoms with E-state index in [-0.39, 0.29) is 18.1 Å². The van der Waals surface area contributed by atoms with E-state index < -0.39 is 0 Å². The van der Waals surface area contributed by atoms with Crippen LogP contribution in [0.25, 0.3) is 0 Å². The normalized spacial score (nSPS) is 22.1. The van der Waals surface area contributed by atoms with Crippen LogP contribution in [-0.4, -0.2) is 62.8 Å². The van der Waals surface area contributed by atoms with E-state index in [0.717, 1.165) is 37.4 Å². The summed E-state index contributed by atoms with van der Waals surface area (Å²) in [4.78, 5) is 25.4. The van der Waals surface area contributed by atoms with Crippen LogP contribution in [-0.2, 0) is 0 Å². The Hall–Kier alpha value is -2.84. The van der Waals surface area contributed by atoms with Crippen molar-refractivity contribution < 1.29 is 4.79 Å². The first-order valence-corrected chi connectivity index (χ1v) is 8.64. The third-order valence-electron chi connectivity index (χ3n) is 4.76. The summed E-state index contributed by atoms with van der Waals surface area (Å²) < 4.78 is 0. The maximum atomic E-state index is 12.3. The number of aromatic amines is 1. The van der Waals surface area contributed by atoms with Gasteiger partial charge in [0.1, 0.15) is 5.82 Å².